The van der Waals surface area contributed by atoms with Crippen LogP contribution >= 0.6 is 0 Å². The van der Waals surface area contributed by atoms with Crippen LogP contribution in [0.5, 0.6) is 0 Å². The van der Waals surface area contributed by atoms with Crippen LogP contribution in [0.25, 0.3) is 0 Å². The van der Waals surface area contributed by atoms with E-state index in [0.717, 1.165) is 12.1 Å². The van der Waals surface area contributed by atoms with E-state index < -0.39 is 30.3 Å². The maximum atomic E-state index is 12.7. The molecule has 1 saturated heterocycles. The van der Waals surface area contributed by atoms with Crippen LogP contribution in [0.4, 0.5) is 13.2 Å². The normalized spacial score (nSPS) is 16.0. The molecule has 1 fully saturated rings. The van der Waals surface area contributed by atoms with Gasteiger partial charge in [-0.05, 0) is 31.9 Å². The fraction of sp³-hybridized carbons (Fsp3) is 0.533. The lowest BCUT2D eigenvalue weighted by molar-refractivity contribution is -0.141. The number of carboxylic acid groups (broad SMARTS) is 1. The van der Waals surface area contributed by atoms with Crippen molar-refractivity contribution in [1.82, 2.24) is 9.88 Å². The summed E-state index contributed by atoms with van der Waals surface area (Å²) in [6, 6.07) is 1.44. The van der Waals surface area contributed by atoms with Crippen molar-refractivity contribution in [3.63, 3.8) is 0 Å². The van der Waals surface area contributed by atoms with Crippen LogP contribution in [0, 0.1) is 6.92 Å². The third-order valence-corrected chi connectivity index (χ3v) is 3.80. The molecule has 1 aliphatic rings. The molecule has 2 rings (SSSR count). The van der Waals surface area contributed by atoms with E-state index in [0.29, 0.717) is 26.1 Å². The number of hydrogen-bond donors (Lipinski definition) is 1. The van der Waals surface area contributed by atoms with E-state index in [1.807, 2.05) is 0 Å². The maximum Gasteiger partial charge on any atom is 0.433 e. The second-order valence-electron chi connectivity index (χ2n) is 5.50. The van der Waals surface area contributed by atoms with Gasteiger partial charge in [0.2, 0.25) is 0 Å². The number of ether oxygens (including phenoxy) is 1. The summed E-state index contributed by atoms with van der Waals surface area (Å²) < 4.78 is 43.2. The fourth-order valence-electron chi connectivity index (χ4n) is 2.61. The van der Waals surface area contributed by atoms with Gasteiger partial charge in [-0.3, -0.25) is 9.59 Å². The maximum absolute atomic E-state index is 12.7. The van der Waals surface area contributed by atoms with Gasteiger partial charge in [0.25, 0.3) is 5.91 Å². The van der Waals surface area contributed by atoms with Crippen molar-refractivity contribution in [2.45, 2.75) is 32.0 Å². The molecule has 0 unspecified atom stereocenters. The van der Waals surface area contributed by atoms with Crippen molar-refractivity contribution in [3.8, 4) is 0 Å². The number of nitrogens with zero attached hydrogens (tertiary/aromatic N) is 2. The van der Waals surface area contributed by atoms with Crippen LogP contribution in [0.3, 0.4) is 0 Å². The predicted octanol–water partition coefficient (Wildman–Crippen LogP) is 2.11. The average Bonchev–Trinajstić information content (AvgIpc) is 2.51. The lowest BCUT2D eigenvalue weighted by Gasteiger charge is -2.33. The molecule has 0 aliphatic carbocycles. The zero-order valence-electron chi connectivity index (χ0n) is 13.0. The van der Waals surface area contributed by atoms with E-state index in [4.69, 9.17) is 9.84 Å². The molecule has 0 aromatic carbocycles. The minimum atomic E-state index is -4.60. The molecular formula is C15H17F3N2O4. The minimum absolute atomic E-state index is 0.0317. The quantitative estimate of drug-likeness (QED) is 0.903. The molecule has 9 heteroatoms. The largest absolute Gasteiger partial charge is 0.480 e. The van der Waals surface area contributed by atoms with Crippen molar-refractivity contribution in [2.24, 2.45) is 0 Å². The van der Waals surface area contributed by atoms with Crippen molar-refractivity contribution in [2.75, 3.05) is 19.8 Å². The number of aliphatic carboxylic acids is 1. The Labute approximate surface area is 136 Å². The van der Waals surface area contributed by atoms with Gasteiger partial charge < -0.3 is 14.7 Å². The molecule has 1 aromatic heterocycles. The standard InChI is InChI=1S/C15H17F3N2O4/c1-9-11(2-3-12(19-9)15(16,17)18)14(23)20(8-13(21)22)10-4-6-24-7-5-10/h2-3,10H,4-8H2,1H3,(H,21,22). The molecule has 1 aromatic rings. The monoisotopic (exact) mass is 346 g/mol. The van der Waals surface area contributed by atoms with Crippen LogP contribution in [0.1, 0.15) is 34.6 Å². The molecule has 0 bridgehead atoms. The van der Waals surface area contributed by atoms with Gasteiger partial charge in [0.05, 0.1) is 11.3 Å². The molecule has 0 saturated carbocycles. The first kappa shape index (κ1) is 18.2. The van der Waals surface area contributed by atoms with E-state index in [2.05, 4.69) is 4.98 Å². The number of carbonyl (C=O) groups is 2. The molecule has 0 spiro atoms. The van der Waals surface area contributed by atoms with E-state index in [9.17, 15) is 22.8 Å². The topological polar surface area (TPSA) is 79.7 Å². The number of rotatable bonds is 4. The molecule has 1 N–H and O–H groups in total. The first-order chi connectivity index (χ1) is 11.2. The number of hydrogen-bond acceptors (Lipinski definition) is 4. The summed E-state index contributed by atoms with van der Waals surface area (Å²) >= 11 is 0. The molecule has 0 atom stereocenters. The molecule has 2 heterocycles. The van der Waals surface area contributed by atoms with Crippen molar-refractivity contribution in [1.29, 1.82) is 0 Å². The molecule has 132 valence electrons. The van der Waals surface area contributed by atoms with Gasteiger partial charge >= 0.3 is 12.1 Å². The van der Waals surface area contributed by atoms with Gasteiger partial charge in [-0.2, -0.15) is 13.2 Å². The molecular weight excluding hydrogens is 329 g/mol. The van der Waals surface area contributed by atoms with Gasteiger partial charge in [-0.25, -0.2) is 4.98 Å². The summed E-state index contributed by atoms with van der Waals surface area (Å²) in [6.07, 6.45) is -3.65. The van der Waals surface area contributed by atoms with E-state index in [-0.39, 0.29) is 17.3 Å². The third-order valence-electron chi connectivity index (χ3n) is 3.80. The van der Waals surface area contributed by atoms with Gasteiger partial charge in [0, 0.05) is 19.3 Å². The summed E-state index contributed by atoms with van der Waals surface area (Å²) in [7, 11) is 0. The average molecular weight is 346 g/mol. The van der Waals surface area contributed by atoms with E-state index in [1.165, 1.54) is 11.8 Å². The smallest absolute Gasteiger partial charge is 0.433 e. The Bertz CT molecular complexity index is 628. The van der Waals surface area contributed by atoms with Crippen LogP contribution in [0.2, 0.25) is 0 Å². The van der Waals surface area contributed by atoms with Crippen LogP contribution in [0.15, 0.2) is 12.1 Å². The summed E-state index contributed by atoms with van der Waals surface area (Å²) in [5, 5.41) is 9.04. The highest BCUT2D eigenvalue weighted by molar-refractivity contribution is 5.97. The predicted molar refractivity (Wildman–Crippen MR) is 76.5 cm³/mol. The number of amides is 1. The Kier molecular flexibility index (Phi) is 5.43. The van der Waals surface area contributed by atoms with Crippen LogP contribution in [-0.4, -0.2) is 52.7 Å². The Morgan fingerprint density at radius 3 is 2.46 bits per heavy atom. The van der Waals surface area contributed by atoms with Crippen molar-refractivity contribution >= 4 is 11.9 Å². The summed E-state index contributed by atoms with van der Waals surface area (Å²) in [6.45, 7) is 1.58. The number of aryl methyl sites for hydroxylation is 1. The van der Waals surface area contributed by atoms with Gasteiger partial charge in [0.1, 0.15) is 12.2 Å². The first-order valence-electron chi connectivity index (χ1n) is 7.35. The van der Waals surface area contributed by atoms with E-state index >= 15 is 0 Å². The Hall–Kier alpha value is -2.16. The lowest BCUT2D eigenvalue weighted by Crippen LogP contribution is -2.46. The molecule has 1 aliphatic heterocycles. The number of carbonyl (C=O) groups excluding carboxylic acids is 1. The summed E-state index contributed by atoms with van der Waals surface area (Å²) in [4.78, 5) is 28.3. The number of carboxylic acids is 1. The summed E-state index contributed by atoms with van der Waals surface area (Å²) in [5.74, 6) is -1.82. The van der Waals surface area contributed by atoms with Gasteiger partial charge in [0.15, 0.2) is 0 Å². The second kappa shape index (κ2) is 7.16. The lowest BCUT2D eigenvalue weighted by atomic mass is 10.0. The number of alkyl halides is 3. The second-order valence-corrected chi connectivity index (χ2v) is 5.50. The Morgan fingerprint density at radius 1 is 1.33 bits per heavy atom. The fourth-order valence-corrected chi connectivity index (χ4v) is 2.61. The number of halogens is 3. The van der Waals surface area contributed by atoms with Gasteiger partial charge in [-0.15, -0.1) is 0 Å². The molecule has 6 nitrogen and oxygen atoms in total. The highest BCUT2D eigenvalue weighted by Gasteiger charge is 2.34. The molecule has 0 radical (unpaired) electrons. The Morgan fingerprint density at radius 2 is 1.96 bits per heavy atom. The van der Waals surface area contributed by atoms with Crippen LogP contribution in [-0.2, 0) is 15.7 Å². The zero-order chi connectivity index (χ0) is 17.9. The van der Waals surface area contributed by atoms with Crippen molar-refractivity contribution in [3.05, 3.63) is 29.1 Å². The summed E-state index contributed by atoms with van der Waals surface area (Å²) in [5.41, 5.74) is -1.21. The van der Waals surface area contributed by atoms with Gasteiger partial charge in [-0.1, -0.05) is 0 Å². The molecule has 1 amide bonds. The van der Waals surface area contributed by atoms with Crippen molar-refractivity contribution < 1.29 is 32.6 Å². The zero-order valence-corrected chi connectivity index (χ0v) is 13.0. The SMILES string of the molecule is Cc1nc(C(F)(F)F)ccc1C(=O)N(CC(=O)O)C1CCOCC1. The highest BCUT2D eigenvalue weighted by Crippen LogP contribution is 2.28. The molecule has 24 heavy (non-hydrogen) atoms. The first-order valence-corrected chi connectivity index (χ1v) is 7.35. The third kappa shape index (κ3) is 4.22. The number of pyridine rings is 1. The Balaban J connectivity index is 2.30. The minimum Gasteiger partial charge on any atom is -0.480 e. The highest BCUT2D eigenvalue weighted by atomic mass is 19.4. The van der Waals surface area contributed by atoms with E-state index in [1.54, 1.807) is 0 Å². The van der Waals surface area contributed by atoms with Crippen LogP contribution < -0.4 is 0 Å². The number of aromatic nitrogens is 1.